The molecule has 0 aromatic carbocycles. The lowest BCUT2D eigenvalue weighted by Gasteiger charge is -2.64. The van der Waals surface area contributed by atoms with Crippen molar-refractivity contribution in [3.8, 4) is 0 Å². The topological polar surface area (TPSA) is 40.5 Å². The van der Waals surface area contributed by atoms with Crippen LogP contribution in [0.5, 0.6) is 0 Å². The summed E-state index contributed by atoms with van der Waals surface area (Å²) in [6, 6.07) is 0. The molecule has 0 aromatic rings. The molecule has 4 rings (SSSR count). The lowest BCUT2D eigenvalue weighted by Crippen LogP contribution is -2.57. The van der Waals surface area contributed by atoms with Gasteiger partial charge in [0.25, 0.3) is 0 Å². The molecule has 0 aliphatic heterocycles. The van der Waals surface area contributed by atoms with E-state index in [1.54, 1.807) is 5.57 Å². The molecule has 0 radical (unpaired) electrons. The summed E-state index contributed by atoms with van der Waals surface area (Å²) in [5.74, 6) is 2.60. The fraction of sp³-hybridized carbons (Fsp3) is 0.929. The van der Waals surface area contributed by atoms with Crippen molar-refractivity contribution in [3.63, 3.8) is 0 Å². The first-order valence-corrected chi connectivity index (χ1v) is 13.1. The summed E-state index contributed by atoms with van der Waals surface area (Å²) in [5.41, 5.74) is 2.13. The molecule has 0 bridgehead atoms. The van der Waals surface area contributed by atoms with Crippen molar-refractivity contribution in [2.24, 2.45) is 39.9 Å². The summed E-state index contributed by atoms with van der Waals surface area (Å²) < 4.78 is 0. The maximum absolute atomic E-state index is 11.0. The number of aliphatic hydroxyl groups excluding tert-OH is 1. The first-order valence-electron chi connectivity index (χ1n) is 13.1. The van der Waals surface area contributed by atoms with Gasteiger partial charge in [0.1, 0.15) is 0 Å². The molecule has 0 aromatic heterocycles. The Labute approximate surface area is 185 Å². The van der Waals surface area contributed by atoms with Gasteiger partial charge in [-0.3, -0.25) is 0 Å². The highest BCUT2D eigenvalue weighted by Gasteiger charge is 2.64. The normalized spacial score (nSPS) is 50.1. The molecule has 3 saturated carbocycles. The first kappa shape index (κ1) is 22.8. The summed E-state index contributed by atoms with van der Waals surface area (Å²) in [5, 5.41) is 21.8. The molecule has 0 spiro atoms. The van der Waals surface area contributed by atoms with Gasteiger partial charge in [-0.15, -0.1) is 0 Å². The van der Waals surface area contributed by atoms with E-state index in [1.807, 2.05) is 0 Å². The van der Waals surface area contributed by atoms with Crippen molar-refractivity contribution in [2.75, 3.05) is 0 Å². The van der Waals surface area contributed by atoms with Crippen molar-refractivity contribution < 1.29 is 10.2 Å². The average Bonchev–Trinajstić information content (AvgIpc) is 3.07. The van der Waals surface area contributed by atoms with Gasteiger partial charge in [-0.1, -0.05) is 59.6 Å². The quantitative estimate of drug-likeness (QED) is 0.479. The molecule has 0 saturated heterocycles. The SMILES string of the molecule is CCC[C@@H](O)[C@@H](C)[C@H]1CC[C@@H]2[C@]1(C)CC[C@H]1[C@@]2(C)CC=C2C[C@](O)(CC)CC[C@@]21C. The van der Waals surface area contributed by atoms with E-state index in [1.165, 1.54) is 32.1 Å². The number of hydrogen-bond acceptors (Lipinski definition) is 2. The van der Waals surface area contributed by atoms with Gasteiger partial charge >= 0.3 is 0 Å². The Morgan fingerprint density at radius 3 is 2.40 bits per heavy atom. The van der Waals surface area contributed by atoms with Crippen molar-refractivity contribution in [1.82, 2.24) is 0 Å². The van der Waals surface area contributed by atoms with E-state index in [-0.39, 0.29) is 11.5 Å². The Kier molecular flexibility index (Phi) is 5.80. The molecule has 2 heteroatoms. The molecule has 9 atom stereocenters. The molecule has 30 heavy (non-hydrogen) atoms. The number of hydrogen-bond donors (Lipinski definition) is 2. The van der Waals surface area contributed by atoms with Gasteiger partial charge in [0.15, 0.2) is 0 Å². The molecule has 4 aliphatic rings. The van der Waals surface area contributed by atoms with Crippen LogP contribution in [0.3, 0.4) is 0 Å². The van der Waals surface area contributed by atoms with Crippen LogP contribution < -0.4 is 0 Å². The molecule has 3 fully saturated rings. The van der Waals surface area contributed by atoms with Gasteiger partial charge in [0.2, 0.25) is 0 Å². The molecule has 2 nitrogen and oxygen atoms in total. The molecule has 0 amide bonds. The predicted molar refractivity (Wildman–Crippen MR) is 125 cm³/mol. The zero-order chi connectivity index (χ0) is 21.9. The molecular weight excluding hydrogens is 368 g/mol. The van der Waals surface area contributed by atoms with E-state index in [0.29, 0.717) is 22.7 Å². The maximum Gasteiger partial charge on any atom is 0.0682 e. The Morgan fingerprint density at radius 2 is 1.73 bits per heavy atom. The van der Waals surface area contributed by atoms with E-state index in [0.717, 1.165) is 50.4 Å². The summed E-state index contributed by atoms with van der Waals surface area (Å²) in [6.07, 6.45) is 14.9. The summed E-state index contributed by atoms with van der Waals surface area (Å²) in [4.78, 5) is 0. The van der Waals surface area contributed by atoms with Crippen LogP contribution in [0.15, 0.2) is 11.6 Å². The molecule has 0 unspecified atom stereocenters. The third kappa shape index (κ3) is 3.18. The van der Waals surface area contributed by atoms with E-state index < -0.39 is 5.60 Å². The summed E-state index contributed by atoms with van der Waals surface area (Å²) >= 11 is 0. The molecular formula is C28H48O2. The Bertz CT molecular complexity index is 684. The second-order valence-corrected chi connectivity index (χ2v) is 12.7. The first-order chi connectivity index (χ1) is 14.0. The summed E-state index contributed by atoms with van der Waals surface area (Å²) in [7, 11) is 0. The van der Waals surface area contributed by atoms with Gasteiger partial charge in [-0.05, 0) is 104 Å². The summed E-state index contributed by atoms with van der Waals surface area (Å²) in [6.45, 7) is 14.4. The van der Waals surface area contributed by atoms with E-state index in [4.69, 9.17) is 0 Å². The van der Waals surface area contributed by atoms with Crippen molar-refractivity contribution in [1.29, 1.82) is 0 Å². The van der Waals surface area contributed by atoms with E-state index in [2.05, 4.69) is 47.6 Å². The van der Waals surface area contributed by atoms with Crippen molar-refractivity contribution in [2.45, 2.75) is 124 Å². The van der Waals surface area contributed by atoms with Gasteiger partial charge in [0, 0.05) is 0 Å². The van der Waals surface area contributed by atoms with Crippen molar-refractivity contribution >= 4 is 0 Å². The number of allylic oxidation sites excluding steroid dienone is 1. The minimum Gasteiger partial charge on any atom is -0.393 e. The van der Waals surface area contributed by atoms with Gasteiger partial charge in [-0.2, -0.15) is 0 Å². The molecule has 2 N–H and O–H groups in total. The third-order valence-corrected chi connectivity index (χ3v) is 11.4. The highest BCUT2D eigenvalue weighted by molar-refractivity contribution is 5.29. The van der Waals surface area contributed by atoms with Crippen LogP contribution in [0.1, 0.15) is 112 Å². The van der Waals surface area contributed by atoms with Crippen LogP contribution >= 0.6 is 0 Å². The smallest absolute Gasteiger partial charge is 0.0682 e. The van der Waals surface area contributed by atoms with E-state index >= 15 is 0 Å². The van der Waals surface area contributed by atoms with Crippen LogP contribution in [0.4, 0.5) is 0 Å². The lowest BCUT2D eigenvalue weighted by molar-refractivity contribution is -0.127. The number of rotatable bonds is 5. The Morgan fingerprint density at radius 1 is 1.00 bits per heavy atom. The maximum atomic E-state index is 11.0. The monoisotopic (exact) mass is 416 g/mol. The minimum atomic E-state index is -0.467. The zero-order valence-corrected chi connectivity index (χ0v) is 20.6. The van der Waals surface area contributed by atoms with Gasteiger partial charge in [0.05, 0.1) is 11.7 Å². The van der Waals surface area contributed by atoms with Crippen molar-refractivity contribution in [3.05, 3.63) is 11.6 Å². The van der Waals surface area contributed by atoms with Crippen LogP contribution in [-0.2, 0) is 0 Å². The largest absolute Gasteiger partial charge is 0.393 e. The molecule has 172 valence electrons. The van der Waals surface area contributed by atoms with Gasteiger partial charge < -0.3 is 10.2 Å². The molecule has 4 aliphatic carbocycles. The third-order valence-electron chi connectivity index (χ3n) is 11.4. The zero-order valence-electron chi connectivity index (χ0n) is 20.6. The highest BCUT2D eigenvalue weighted by atomic mass is 16.3. The van der Waals surface area contributed by atoms with Gasteiger partial charge in [-0.25, -0.2) is 0 Å². The van der Waals surface area contributed by atoms with Crippen LogP contribution in [-0.4, -0.2) is 21.9 Å². The Balaban J connectivity index is 1.63. The van der Waals surface area contributed by atoms with Crippen LogP contribution in [0.2, 0.25) is 0 Å². The number of fused-ring (bicyclic) bond motifs is 5. The second-order valence-electron chi connectivity index (χ2n) is 12.7. The predicted octanol–water partition coefficient (Wildman–Crippen LogP) is 6.89. The molecule has 0 heterocycles. The fourth-order valence-corrected chi connectivity index (χ4v) is 9.40. The standard InChI is InChI=1S/C28H48O2/c1-7-9-22(29)19(3)21-10-11-23-26(21,5)15-13-24-25(4)16-17-28(30,8-2)18-20(25)12-14-27(23,24)6/h12,19,21-24,29-30H,7-11,13-18H2,1-6H3/t19-,21+,22+,23+,24+,25-,26+,27-,28-/m0/s1. The van der Waals surface area contributed by atoms with E-state index in [9.17, 15) is 10.2 Å². The lowest BCUT2D eigenvalue weighted by atomic mass is 9.41. The van der Waals surface area contributed by atoms with Crippen LogP contribution in [0.25, 0.3) is 0 Å². The average molecular weight is 417 g/mol. The fourth-order valence-electron chi connectivity index (χ4n) is 9.40. The highest BCUT2D eigenvalue weighted by Crippen LogP contribution is 2.72. The second kappa shape index (κ2) is 7.62. The Hall–Kier alpha value is -0.340. The number of aliphatic hydroxyl groups is 2. The minimum absolute atomic E-state index is 0.137. The van der Waals surface area contributed by atoms with Crippen LogP contribution in [0, 0.1) is 39.9 Å².